The Morgan fingerprint density at radius 1 is 1.24 bits per heavy atom. The Labute approximate surface area is 222 Å². The predicted molar refractivity (Wildman–Crippen MR) is 143 cm³/mol. The van der Waals surface area contributed by atoms with Crippen molar-refractivity contribution < 1.29 is 26.3 Å². The Balaban J connectivity index is 0.00000247. The van der Waals surface area contributed by atoms with Crippen molar-refractivity contribution in [2.24, 2.45) is 4.99 Å². The van der Waals surface area contributed by atoms with Crippen molar-refractivity contribution in [1.82, 2.24) is 15.6 Å². The van der Waals surface area contributed by atoms with Crippen LogP contribution in [-0.2, 0) is 10.0 Å². The maximum Gasteiger partial charge on any atom is 0.267 e. The van der Waals surface area contributed by atoms with Crippen LogP contribution in [0.2, 0.25) is 0 Å². The first kappa shape index (κ1) is 30.7. The largest absolute Gasteiger partial charge is 0.480 e. The molecule has 1 aliphatic rings. The molecule has 2 aromatic rings. The second-order valence-corrected chi connectivity index (χ2v) is 9.87. The third-order valence-electron chi connectivity index (χ3n) is 5.92. The highest BCUT2D eigenvalue weighted by molar-refractivity contribution is 7.92. The molecule has 208 valence electrons. The van der Waals surface area contributed by atoms with E-state index in [4.69, 9.17) is 4.74 Å². The standard InChI is InChI=1S/C24H28F3N5O3S.C2H6/c1-13(14(2)31-15(3)28-4)19-8-6-16(11-29-19)22-18(26)7-9-20(23(22)27)32-36(33,34)21-10-17(25)12-30-24(21)35-5;1-2/h7,9-10,12,16,29,32H,2,6,8,11H2,1,3-5H3,(H,28,31);1-2H3/b19-13+;/t16-;/m1./s1. The molecule has 1 aromatic carbocycles. The van der Waals surface area contributed by atoms with E-state index in [9.17, 15) is 17.2 Å². The van der Waals surface area contributed by atoms with Gasteiger partial charge in [0.15, 0.2) is 10.7 Å². The lowest BCUT2D eigenvalue weighted by Crippen LogP contribution is -2.30. The van der Waals surface area contributed by atoms with Crippen molar-refractivity contribution in [1.29, 1.82) is 0 Å². The van der Waals surface area contributed by atoms with Crippen LogP contribution in [0.5, 0.6) is 5.88 Å². The molecule has 1 fully saturated rings. The van der Waals surface area contributed by atoms with E-state index in [0.717, 1.165) is 29.6 Å². The highest BCUT2D eigenvalue weighted by Crippen LogP contribution is 2.35. The Morgan fingerprint density at radius 2 is 1.92 bits per heavy atom. The topological polar surface area (TPSA) is 105 Å². The number of aromatic nitrogens is 1. The number of aliphatic imine (C=N–C) groups is 1. The zero-order valence-electron chi connectivity index (χ0n) is 22.4. The molecule has 0 saturated carbocycles. The molecule has 3 N–H and O–H groups in total. The third-order valence-corrected chi connectivity index (χ3v) is 7.28. The smallest absolute Gasteiger partial charge is 0.267 e. The van der Waals surface area contributed by atoms with Crippen LogP contribution in [0, 0.1) is 17.5 Å². The van der Waals surface area contributed by atoms with Gasteiger partial charge in [-0.25, -0.2) is 26.6 Å². The number of nitrogens with one attached hydrogen (secondary N) is 3. The first-order chi connectivity index (χ1) is 18.0. The Kier molecular flexibility index (Phi) is 10.7. The fourth-order valence-corrected chi connectivity index (χ4v) is 5.04. The number of anilines is 1. The van der Waals surface area contributed by atoms with Gasteiger partial charge in [0.25, 0.3) is 10.0 Å². The number of nitrogens with zero attached hydrogens (tertiary/aromatic N) is 2. The number of hydrogen-bond donors (Lipinski definition) is 3. The Morgan fingerprint density at radius 3 is 2.50 bits per heavy atom. The van der Waals surface area contributed by atoms with Gasteiger partial charge in [0.05, 0.1) is 24.8 Å². The second kappa shape index (κ2) is 13.3. The summed E-state index contributed by atoms with van der Waals surface area (Å²) in [5.41, 5.74) is 1.71. The summed E-state index contributed by atoms with van der Waals surface area (Å²) in [5.74, 6) is -2.98. The van der Waals surface area contributed by atoms with Crippen LogP contribution in [-0.4, -0.2) is 39.9 Å². The van der Waals surface area contributed by atoms with E-state index in [1.807, 2.05) is 20.8 Å². The van der Waals surface area contributed by atoms with Gasteiger partial charge in [0, 0.05) is 42.5 Å². The number of amidine groups is 1. The van der Waals surface area contributed by atoms with Gasteiger partial charge in [0.1, 0.15) is 11.6 Å². The number of piperidine rings is 1. The molecular weight excluding hydrogens is 519 g/mol. The molecule has 0 unspecified atom stereocenters. The lowest BCUT2D eigenvalue weighted by atomic mass is 9.88. The minimum absolute atomic E-state index is 0.229. The zero-order chi connectivity index (χ0) is 28.6. The van der Waals surface area contributed by atoms with Crippen LogP contribution in [0.1, 0.15) is 52.0 Å². The first-order valence-electron chi connectivity index (χ1n) is 12.0. The summed E-state index contributed by atoms with van der Waals surface area (Å²) >= 11 is 0. The summed E-state index contributed by atoms with van der Waals surface area (Å²) < 4.78 is 76.4. The van der Waals surface area contributed by atoms with E-state index < -0.39 is 44.0 Å². The quantitative estimate of drug-likeness (QED) is 0.321. The molecule has 0 aliphatic carbocycles. The number of halogens is 3. The maximum absolute atomic E-state index is 15.4. The summed E-state index contributed by atoms with van der Waals surface area (Å²) in [4.78, 5) is 7.01. The number of methoxy groups -OCH3 is 1. The van der Waals surface area contributed by atoms with E-state index in [1.165, 1.54) is 7.11 Å². The fraction of sp³-hybridized carbons (Fsp3) is 0.385. The van der Waals surface area contributed by atoms with E-state index in [-0.39, 0.29) is 18.0 Å². The van der Waals surface area contributed by atoms with Crippen molar-refractivity contribution in [2.45, 2.75) is 51.3 Å². The van der Waals surface area contributed by atoms with Crippen molar-refractivity contribution in [3.05, 3.63) is 71.0 Å². The van der Waals surface area contributed by atoms with Crippen molar-refractivity contribution >= 4 is 21.5 Å². The number of benzene rings is 1. The predicted octanol–water partition coefficient (Wildman–Crippen LogP) is 5.23. The number of rotatable bonds is 7. The molecular formula is C26H34F3N5O3S. The van der Waals surface area contributed by atoms with Gasteiger partial charge in [-0.15, -0.1) is 0 Å². The minimum atomic E-state index is -4.49. The lowest BCUT2D eigenvalue weighted by molar-refractivity contribution is 0.382. The van der Waals surface area contributed by atoms with Crippen molar-refractivity contribution in [3.63, 3.8) is 0 Å². The lowest BCUT2D eigenvalue weighted by Gasteiger charge is -2.29. The normalized spacial score (nSPS) is 17.0. The average molecular weight is 554 g/mol. The molecule has 8 nitrogen and oxygen atoms in total. The fourth-order valence-electron chi connectivity index (χ4n) is 3.85. The molecule has 0 bridgehead atoms. The van der Waals surface area contributed by atoms with Crippen LogP contribution in [0.25, 0.3) is 0 Å². The van der Waals surface area contributed by atoms with Gasteiger partial charge < -0.3 is 15.4 Å². The molecule has 1 aliphatic heterocycles. The second-order valence-electron chi connectivity index (χ2n) is 8.22. The van der Waals surface area contributed by atoms with E-state index in [0.29, 0.717) is 30.4 Å². The van der Waals surface area contributed by atoms with Crippen LogP contribution in [0.15, 0.2) is 57.8 Å². The molecule has 1 atom stereocenters. The van der Waals surface area contributed by atoms with Crippen molar-refractivity contribution in [2.75, 3.05) is 25.4 Å². The SMILES string of the molecule is C=C(NC(C)=NC)/C(C)=C1\CC[C@@H](c2c(F)ccc(NS(=O)(=O)c3cc(F)cnc3OC)c2F)CN1.CC. The highest BCUT2D eigenvalue weighted by atomic mass is 32.2. The Bertz CT molecular complexity index is 1330. The van der Waals surface area contributed by atoms with Gasteiger partial charge in [0.2, 0.25) is 5.88 Å². The molecule has 1 aromatic heterocycles. The number of hydrogen-bond acceptors (Lipinski definition) is 6. The monoisotopic (exact) mass is 553 g/mol. The zero-order valence-corrected chi connectivity index (χ0v) is 23.2. The number of ether oxygens (including phenoxy) is 1. The van der Waals surface area contributed by atoms with Gasteiger partial charge in [-0.05, 0) is 44.4 Å². The van der Waals surface area contributed by atoms with Gasteiger partial charge >= 0.3 is 0 Å². The number of sulfonamides is 1. The molecule has 0 spiro atoms. The number of pyridine rings is 1. The van der Waals surface area contributed by atoms with Crippen LogP contribution in [0.3, 0.4) is 0 Å². The molecule has 2 heterocycles. The summed E-state index contributed by atoms with van der Waals surface area (Å²) in [5, 5.41) is 6.29. The summed E-state index contributed by atoms with van der Waals surface area (Å²) in [6.07, 6.45) is 1.71. The maximum atomic E-state index is 15.4. The molecule has 0 radical (unpaired) electrons. The van der Waals surface area contributed by atoms with E-state index in [1.54, 1.807) is 14.0 Å². The van der Waals surface area contributed by atoms with E-state index >= 15 is 4.39 Å². The number of allylic oxidation sites excluding steroid dienone is 2. The average Bonchev–Trinajstić information content (AvgIpc) is 2.91. The highest BCUT2D eigenvalue weighted by Gasteiger charge is 2.29. The Hall–Kier alpha value is -3.54. The molecule has 38 heavy (non-hydrogen) atoms. The van der Waals surface area contributed by atoms with Gasteiger partial charge in [-0.3, -0.25) is 9.71 Å². The van der Waals surface area contributed by atoms with Crippen LogP contribution < -0.4 is 20.1 Å². The van der Waals surface area contributed by atoms with Crippen LogP contribution >= 0.6 is 0 Å². The third kappa shape index (κ3) is 7.06. The van der Waals surface area contributed by atoms with Gasteiger partial charge in [-0.1, -0.05) is 20.4 Å². The minimum Gasteiger partial charge on any atom is -0.480 e. The van der Waals surface area contributed by atoms with E-state index in [2.05, 4.69) is 31.9 Å². The molecule has 3 rings (SSSR count). The van der Waals surface area contributed by atoms with Gasteiger partial charge in [-0.2, -0.15) is 0 Å². The first-order valence-corrected chi connectivity index (χ1v) is 13.5. The molecule has 0 amide bonds. The summed E-state index contributed by atoms with van der Waals surface area (Å²) in [6.45, 7) is 11.9. The van der Waals surface area contributed by atoms with Crippen LogP contribution in [0.4, 0.5) is 18.9 Å². The van der Waals surface area contributed by atoms with Crippen molar-refractivity contribution in [3.8, 4) is 5.88 Å². The molecule has 12 heteroatoms. The summed E-state index contributed by atoms with van der Waals surface area (Å²) in [6, 6.07) is 2.67. The summed E-state index contributed by atoms with van der Waals surface area (Å²) in [7, 11) is -1.67. The molecule has 1 saturated heterocycles.